The Morgan fingerprint density at radius 1 is 1.47 bits per heavy atom. The Bertz CT molecular complexity index is 368. The Morgan fingerprint density at radius 2 is 2.13 bits per heavy atom. The maximum absolute atomic E-state index is 14.1. The van der Waals surface area contributed by atoms with Crippen molar-refractivity contribution in [2.24, 2.45) is 0 Å². The zero-order chi connectivity index (χ0) is 10.9. The number of benzene rings is 1. The lowest BCUT2D eigenvalue weighted by molar-refractivity contribution is -0.150. The van der Waals surface area contributed by atoms with E-state index in [1.165, 1.54) is 0 Å². The van der Waals surface area contributed by atoms with E-state index in [2.05, 4.69) is 5.32 Å². The van der Waals surface area contributed by atoms with Gasteiger partial charge >= 0.3 is 5.97 Å². The first kappa shape index (κ1) is 10.1. The van der Waals surface area contributed by atoms with Crippen molar-refractivity contribution in [2.45, 2.75) is 11.6 Å². The van der Waals surface area contributed by atoms with Crippen molar-refractivity contribution >= 4 is 5.97 Å². The minimum absolute atomic E-state index is 0.123. The van der Waals surface area contributed by atoms with Crippen LogP contribution in [0, 0.1) is 0 Å². The molecule has 4 heteroatoms. The first-order valence-electron chi connectivity index (χ1n) is 4.82. The number of carbonyl (C=O) groups is 1. The largest absolute Gasteiger partial charge is 0.479 e. The van der Waals surface area contributed by atoms with Crippen LogP contribution in [0.4, 0.5) is 4.39 Å². The number of alkyl halides is 1. The van der Waals surface area contributed by atoms with Gasteiger partial charge in [0.2, 0.25) is 5.67 Å². The lowest BCUT2D eigenvalue weighted by atomic mass is 9.86. The van der Waals surface area contributed by atoms with E-state index in [1.807, 2.05) is 6.07 Å². The fourth-order valence-electron chi connectivity index (χ4n) is 1.98. The third-order valence-corrected chi connectivity index (χ3v) is 2.84. The van der Waals surface area contributed by atoms with Gasteiger partial charge in [0.05, 0.1) is 0 Å². The normalized spacial score (nSPS) is 30.3. The Kier molecular flexibility index (Phi) is 2.44. The fourth-order valence-corrected chi connectivity index (χ4v) is 1.98. The Hall–Kier alpha value is -1.42. The SMILES string of the molecule is O=C(O)[C@]1(F)CNC[C@@H]1c1ccccc1. The summed E-state index contributed by atoms with van der Waals surface area (Å²) in [7, 11) is 0. The van der Waals surface area contributed by atoms with E-state index in [0.29, 0.717) is 6.54 Å². The van der Waals surface area contributed by atoms with Crippen LogP contribution in [-0.2, 0) is 4.79 Å². The molecule has 2 N–H and O–H groups in total. The summed E-state index contributed by atoms with van der Waals surface area (Å²) in [6.07, 6.45) is 0. The highest BCUT2D eigenvalue weighted by Crippen LogP contribution is 2.35. The number of rotatable bonds is 2. The standard InChI is InChI=1S/C11H12FNO2/c12-11(10(14)15)7-13-6-9(11)8-4-2-1-3-5-8/h1-5,9,13H,6-7H2,(H,14,15)/t9-,11+/m1/s1. The minimum atomic E-state index is -2.18. The molecule has 15 heavy (non-hydrogen) atoms. The topological polar surface area (TPSA) is 49.3 Å². The number of hydrogen-bond donors (Lipinski definition) is 2. The Balaban J connectivity index is 2.34. The van der Waals surface area contributed by atoms with Crippen LogP contribution in [0.3, 0.4) is 0 Å². The predicted octanol–water partition coefficient (Wildman–Crippen LogP) is 1.17. The third-order valence-electron chi connectivity index (χ3n) is 2.84. The molecule has 0 amide bonds. The van der Waals surface area contributed by atoms with Gasteiger partial charge in [-0.2, -0.15) is 0 Å². The molecule has 80 valence electrons. The van der Waals surface area contributed by atoms with Crippen molar-refractivity contribution in [1.82, 2.24) is 5.32 Å². The molecule has 0 bridgehead atoms. The van der Waals surface area contributed by atoms with Crippen LogP contribution in [-0.4, -0.2) is 29.8 Å². The van der Waals surface area contributed by atoms with E-state index in [9.17, 15) is 9.18 Å². The van der Waals surface area contributed by atoms with Crippen molar-refractivity contribution < 1.29 is 14.3 Å². The number of aliphatic carboxylic acids is 1. The van der Waals surface area contributed by atoms with Crippen molar-refractivity contribution in [3.8, 4) is 0 Å². The lowest BCUT2D eigenvalue weighted by Gasteiger charge is -2.21. The van der Waals surface area contributed by atoms with E-state index in [4.69, 9.17) is 5.11 Å². The van der Waals surface area contributed by atoms with Gasteiger partial charge in [-0.05, 0) is 5.56 Å². The minimum Gasteiger partial charge on any atom is -0.479 e. The summed E-state index contributed by atoms with van der Waals surface area (Å²) >= 11 is 0. The van der Waals surface area contributed by atoms with Gasteiger partial charge in [0.25, 0.3) is 0 Å². The lowest BCUT2D eigenvalue weighted by Crippen LogP contribution is -2.40. The summed E-state index contributed by atoms with van der Waals surface area (Å²) in [6.45, 7) is 0.245. The number of carboxylic acid groups (broad SMARTS) is 1. The predicted molar refractivity (Wildman–Crippen MR) is 53.5 cm³/mol. The Morgan fingerprint density at radius 3 is 2.73 bits per heavy atom. The molecule has 1 fully saturated rings. The molecule has 3 nitrogen and oxygen atoms in total. The molecule has 0 radical (unpaired) electrons. The Labute approximate surface area is 86.9 Å². The molecule has 2 atom stereocenters. The van der Waals surface area contributed by atoms with Gasteiger partial charge in [-0.25, -0.2) is 9.18 Å². The van der Waals surface area contributed by atoms with E-state index < -0.39 is 17.6 Å². The van der Waals surface area contributed by atoms with Crippen LogP contribution >= 0.6 is 0 Å². The van der Waals surface area contributed by atoms with Gasteiger partial charge in [0, 0.05) is 19.0 Å². The third kappa shape index (κ3) is 1.61. The summed E-state index contributed by atoms with van der Waals surface area (Å²) < 4.78 is 14.1. The summed E-state index contributed by atoms with van der Waals surface area (Å²) in [5.41, 5.74) is -1.45. The molecule has 1 aromatic carbocycles. The molecule has 0 aromatic heterocycles. The van der Waals surface area contributed by atoms with Crippen LogP contribution < -0.4 is 5.32 Å². The van der Waals surface area contributed by atoms with Crippen molar-refractivity contribution in [3.05, 3.63) is 35.9 Å². The smallest absolute Gasteiger partial charge is 0.343 e. The summed E-state index contributed by atoms with van der Waals surface area (Å²) in [5, 5.41) is 11.7. The molecule has 1 aliphatic heterocycles. The molecule has 1 saturated heterocycles. The van der Waals surface area contributed by atoms with Crippen LogP contribution in [0.25, 0.3) is 0 Å². The zero-order valence-electron chi connectivity index (χ0n) is 8.11. The molecule has 1 heterocycles. The van der Waals surface area contributed by atoms with Crippen LogP contribution in [0.15, 0.2) is 30.3 Å². The van der Waals surface area contributed by atoms with Crippen molar-refractivity contribution in [3.63, 3.8) is 0 Å². The second kappa shape index (κ2) is 3.62. The highest BCUT2D eigenvalue weighted by molar-refractivity contribution is 5.80. The fraction of sp³-hybridized carbons (Fsp3) is 0.364. The zero-order valence-corrected chi connectivity index (χ0v) is 8.11. The molecule has 1 aliphatic rings. The second-order valence-electron chi connectivity index (χ2n) is 3.76. The maximum Gasteiger partial charge on any atom is 0.343 e. The molecule has 0 unspecified atom stereocenters. The second-order valence-corrected chi connectivity index (χ2v) is 3.76. The van der Waals surface area contributed by atoms with Gasteiger partial charge in [-0.3, -0.25) is 0 Å². The summed E-state index contributed by atoms with van der Waals surface area (Å²) in [5.74, 6) is -1.99. The first-order valence-corrected chi connectivity index (χ1v) is 4.82. The summed E-state index contributed by atoms with van der Waals surface area (Å²) in [4.78, 5) is 10.9. The van der Waals surface area contributed by atoms with Crippen molar-refractivity contribution in [2.75, 3.05) is 13.1 Å². The molecular formula is C11H12FNO2. The van der Waals surface area contributed by atoms with Gasteiger partial charge in [-0.1, -0.05) is 30.3 Å². The molecule has 2 rings (SSSR count). The van der Waals surface area contributed by atoms with Gasteiger partial charge in [0.15, 0.2) is 0 Å². The number of nitrogens with one attached hydrogen (secondary N) is 1. The number of carboxylic acids is 1. The van der Waals surface area contributed by atoms with Gasteiger partial charge in [0.1, 0.15) is 0 Å². The quantitative estimate of drug-likeness (QED) is 0.768. The van der Waals surface area contributed by atoms with E-state index >= 15 is 0 Å². The average Bonchev–Trinajstić information content (AvgIpc) is 2.63. The number of halogens is 1. The average molecular weight is 209 g/mol. The molecule has 0 saturated carbocycles. The van der Waals surface area contributed by atoms with Crippen LogP contribution in [0.5, 0.6) is 0 Å². The van der Waals surface area contributed by atoms with Crippen LogP contribution in [0.1, 0.15) is 11.5 Å². The highest BCUT2D eigenvalue weighted by atomic mass is 19.1. The van der Waals surface area contributed by atoms with Gasteiger partial charge < -0.3 is 10.4 Å². The van der Waals surface area contributed by atoms with E-state index in [0.717, 1.165) is 5.56 Å². The van der Waals surface area contributed by atoms with Gasteiger partial charge in [-0.15, -0.1) is 0 Å². The maximum atomic E-state index is 14.1. The van der Waals surface area contributed by atoms with Crippen molar-refractivity contribution in [1.29, 1.82) is 0 Å². The molecular weight excluding hydrogens is 197 g/mol. The first-order chi connectivity index (χ1) is 7.14. The highest BCUT2D eigenvalue weighted by Gasteiger charge is 2.50. The van der Waals surface area contributed by atoms with E-state index in [1.54, 1.807) is 24.3 Å². The van der Waals surface area contributed by atoms with E-state index in [-0.39, 0.29) is 6.54 Å². The number of hydrogen-bond acceptors (Lipinski definition) is 2. The molecule has 0 spiro atoms. The summed E-state index contributed by atoms with van der Waals surface area (Å²) in [6, 6.07) is 8.92. The van der Waals surface area contributed by atoms with Crippen LogP contribution in [0.2, 0.25) is 0 Å². The molecule has 1 aromatic rings. The monoisotopic (exact) mass is 209 g/mol. The molecule has 0 aliphatic carbocycles.